The van der Waals surface area contributed by atoms with Gasteiger partial charge in [0, 0.05) is 12.1 Å². The number of halogens is 3. The van der Waals surface area contributed by atoms with E-state index in [4.69, 9.17) is 0 Å². The lowest BCUT2D eigenvalue weighted by Crippen LogP contribution is -2.23. The second-order valence-electron chi connectivity index (χ2n) is 4.74. The topological polar surface area (TPSA) is 89.2 Å². The van der Waals surface area contributed by atoms with Crippen molar-refractivity contribution in [2.24, 2.45) is 0 Å². The van der Waals surface area contributed by atoms with Crippen molar-refractivity contribution in [3.8, 4) is 0 Å². The van der Waals surface area contributed by atoms with Gasteiger partial charge in [0.25, 0.3) is 5.78 Å². The molecule has 3 heterocycles. The lowest BCUT2D eigenvalue weighted by Gasteiger charge is -2.15. The first-order valence-electron chi connectivity index (χ1n) is 5.99. The Morgan fingerprint density at radius 3 is 2.76 bits per heavy atom. The molecule has 11 heteroatoms. The third kappa shape index (κ3) is 2.77. The summed E-state index contributed by atoms with van der Waals surface area (Å²) in [5.41, 5.74) is -1.11. The van der Waals surface area contributed by atoms with Gasteiger partial charge in [-0.25, -0.2) is 13.4 Å². The van der Waals surface area contributed by atoms with Crippen molar-refractivity contribution in [3.05, 3.63) is 18.1 Å². The van der Waals surface area contributed by atoms with Crippen LogP contribution in [0.3, 0.4) is 0 Å². The first-order chi connectivity index (χ1) is 9.74. The molecule has 1 aliphatic heterocycles. The number of nitrogens with one attached hydrogen (secondary N) is 1. The Bertz CT molecular complexity index is 786. The van der Waals surface area contributed by atoms with Crippen LogP contribution in [0.1, 0.15) is 12.1 Å². The van der Waals surface area contributed by atoms with E-state index in [1.165, 1.54) is 0 Å². The molecule has 7 nitrogen and oxygen atoms in total. The number of alkyl halides is 3. The third-order valence-corrected chi connectivity index (χ3v) is 4.89. The van der Waals surface area contributed by atoms with Gasteiger partial charge in [-0.05, 0) is 6.42 Å². The predicted molar refractivity (Wildman–Crippen MR) is 66.5 cm³/mol. The zero-order valence-electron chi connectivity index (χ0n) is 10.5. The molecule has 0 amide bonds. The first kappa shape index (κ1) is 14.0. The summed E-state index contributed by atoms with van der Waals surface area (Å²) in [6.45, 7) is 0. The molecule has 114 valence electrons. The van der Waals surface area contributed by atoms with Crippen molar-refractivity contribution in [2.75, 3.05) is 16.8 Å². The molecule has 2 aromatic heterocycles. The lowest BCUT2D eigenvalue weighted by molar-refractivity contribution is -0.141. The summed E-state index contributed by atoms with van der Waals surface area (Å²) in [6, 6.07) is 0.345. The average molecular weight is 321 g/mol. The molecule has 0 radical (unpaired) electrons. The summed E-state index contributed by atoms with van der Waals surface area (Å²) >= 11 is 0. The Morgan fingerprint density at radius 2 is 2.14 bits per heavy atom. The van der Waals surface area contributed by atoms with E-state index in [0.717, 1.165) is 16.9 Å². The van der Waals surface area contributed by atoms with Crippen LogP contribution >= 0.6 is 0 Å². The molecule has 0 aliphatic carbocycles. The number of hydrogen-bond donors (Lipinski definition) is 1. The number of fused-ring (bicyclic) bond motifs is 1. The predicted octanol–water partition coefficient (Wildman–Crippen LogP) is 0.742. The molecule has 0 unspecified atom stereocenters. The maximum absolute atomic E-state index is 12.8. The molecule has 21 heavy (non-hydrogen) atoms. The Hall–Kier alpha value is -1.91. The molecular weight excluding hydrogens is 311 g/mol. The number of aromatic nitrogens is 4. The third-order valence-electron chi connectivity index (χ3n) is 3.13. The van der Waals surface area contributed by atoms with Gasteiger partial charge in [0.1, 0.15) is 12.1 Å². The molecule has 0 saturated carbocycles. The maximum atomic E-state index is 12.8. The van der Waals surface area contributed by atoms with E-state index < -0.39 is 27.7 Å². The van der Waals surface area contributed by atoms with Gasteiger partial charge in [0.05, 0.1) is 11.5 Å². The smallest absolute Gasteiger partial charge is 0.366 e. The molecule has 1 saturated heterocycles. The van der Waals surface area contributed by atoms with Gasteiger partial charge >= 0.3 is 6.18 Å². The van der Waals surface area contributed by atoms with Crippen LogP contribution in [0, 0.1) is 0 Å². The number of rotatable bonds is 2. The van der Waals surface area contributed by atoms with Crippen molar-refractivity contribution < 1.29 is 21.6 Å². The highest BCUT2D eigenvalue weighted by atomic mass is 32.2. The molecule has 0 aromatic carbocycles. The summed E-state index contributed by atoms with van der Waals surface area (Å²) in [5, 5.41) is 6.56. The number of sulfone groups is 1. The maximum Gasteiger partial charge on any atom is 0.433 e. The summed E-state index contributed by atoms with van der Waals surface area (Å²) in [6.07, 6.45) is -3.20. The molecule has 2 aromatic rings. The van der Waals surface area contributed by atoms with Gasteiger partial charge in [-0.1, -0.05) is 0 Å². The standard InChI is InChI=1S/C10H10F3N5O2S/c11-10(12,13)7-3-8(18-9(17-7)14-5-15-18)16-6-1-2-21(19,20)4-6/h3,5-6,16H,1-2,4H2/t6-/m0/s1. The van der Waals surface area contributed by atoms with E-state index in [0.29, 0.717) is 6.42 Å². The Kier molecular flexibility index (Phi) is 3.04. The summed E-state index contributed by atoms with van der Waals surface area (Å²) in [4.78, 5) is 7.02. The molecule has 1 atom stereocenters. The fourth-order valence-electron chi connectivity index (χ4n) is 2.18. The van der Waals surface area contributed by atoms with Crippen LogP contribution in [-0.4, -0.2) is 45.5 Å². The first-order valence-corrected chi connectivity index (χ1v) is 7.82. The highest BCUT2D eigenvalue weighted by molar-refractivity contribution is 7.91. The van der Waals surface area contributed by atoms with E-state index >= 15 is 0 Å². The van der Waals surface area contributed by atoms with Crippen molar-refractivity contribution in [2.45, 2.75) is 18.6 Å². The normalized spacial score (nSPS) is 21.8. The van der Waals surface area contributed by atoms with Crippen LogP contribution in [0.25, 0.3) is 5.78 Å². The van der Waals surface area contributed by atoms with Crippen LogP contribution in [0.5, 0.6) is 0 Å². The minimum Gasteiger partial charge on any atom is -0.366 e. The highest BCUT2D eigenvalue weighted by Gasteiger charge is 2.35. The Balaban J connectivity index is 1.99. The lowest BCUT2D eigenvalue weighted by atomic mass is 10.2. The number of anilines is 1. The summed E-state index contributed by atoms with van der Waals surface area (Å²) in [7, 11) is -3.14. The van der Waals surface area contributed by atoms with E-state index in [-0.39, 0.29) is 23.1 Å². The summed E-state index contributed by atoms with van der Waals surface area (Å²) in [5.74, 6) is -0.282. The average Bonchev–Trinajstić information content (AvgIpc) is 2.94. The molecule has 1 aliphatic rings. The molecule has 1 N–H and O–H groups in total. The molecular formula is C10H10F3N5O2S. The Morgan fingerprint density at radius 1 is 1.38 bits per heavy atom. The highest BCUT2D eigenvalue weighted by Crippen LogP contribution is 2.30. The minimum absolute atomic E-state index is 0.0162. The minimum atomic E-state index is -4.62. The van der Waals surface area contributed by atoms with Crippen LogP contribution in [-0.2, 0) is 16.0 Å². The van der Waals surface area contributed by atoms with Crippen molar-refractivity contribution in [1.29, 1.82) is 0 Å². The SMILES string of the molecule is O=S1(=O)CC[C@H](Nc2cc(C(F)(F)F)nc3ncnn23)C1. The van der Waals surface area contributed by atoms with E-state index in [2.05, 4.69) is 20.4 Å². The van der Waals surface area contributed by atoms with Crippen LogP contribution in [0.15, 0.2) is 12.4 Å². The summed E-state index contributed by atoms with van der Waals surface area (Å²) < 4.78 is 62.3. The molecule has 0 bridgehead atoms. The zero-order chi connectivity index (χ0) is 15.3. The number of nitrogens with zero attached hydrogens (tertiary/aromatic N) is 4. The fraction of sp³-hybridized carbons (Fsp3) is 0.500. The van der Waals surface area contributed by atoms with Gasteiger partial charge in [-0.2, -0.15) is 27.8 Å². The van der Waals surface area contributed by atoms with E-state index in [1.807, 2.05) is 0 Å². The van der Waals surface area contributed by atoms with Crippen LogP contribution < -0.4 is 5.32 Å². The second kappa shape index (κ2) is 4.55. The van der Waals surface area contributed by atoms with Crippen molar-refractivity contribution >= 4 is 21.4 Å². The fourth-order valence-corrected chi connectivity index (χ4v) is 3.85. The largest absolute Gasteiger partial charge is 0.433 e. The molecule has 1 fully saturated rings. The van der Waals surface area contributed by atoms with Gasteiger partial charge in [-0.15, -0.1) is 0 Å². The quantitative estimate of drug-likeness (QED) is 0.878. The van der Waals surface area contributed by atoms with Crippen LogP contribution in [0.4, 0.5) is 19.0 Å². The zero-order valence-corrected chi connectivity index (χ0v) is 11.3. The van der Waals surface area contributed by atoms with Crippen LogP contribution in [0.2, 0.25) is 0 Å². The van der Waals surface area contributed by atoms with Gasteiger partial charge in [0.2, 0.25) is 0 Å². The van der Waals surface area contributed by atoms with Gasteiger partial charge in [0.15, 0.2) is 15.5 Å². The van der Waals surface area contributed by atoms with Gasteiger partial charge in [-0.3, -0.25) is 0 Å². The number of hydrogen-bond acceptors (Lipinski definition) is 6. The van der Waals surface area contributed by atoms with E-state index in [9.17, 15) is 21.6 Å². The molecule has 3 rings (SSSR count). The van der Waals surface area contributed by atoms with Crippen molar-refractivity contribution in [1.82, 2.24) is 19.6 Å². The second-order valence-corrected chi connectivity index (χ2v) is 6.97. The van der Waals surface area contributed by atoms with Crippen molar-refractivity contribution in [3.63, 3.8) is 0 Å². The van der Waals surface area contributed by atoms with Gasteiger partial charge < -0.3 is 5.32 Å². The monoisotopic (exact) mass is 321 g/mol. The molecule has 0 spiro atoms. The van der Waals surface area contributed by atoms with E-state index in [1.54, 1.807) is 0 Å². The Labute approximate surface area is 117 Å².